The second kappa shape index (κ2) is 6.65. The predicted molar refractivity (Wildman–Crippen MR) is 88.2 cm³/mol. The van der Waals surface area contributed by atoms with Crippen LogP contribution in [0.2, 0.25) is 0 Å². The number of nitrogens with zero attached hydrogens (tertiary/aromatic N) is 1. The van der Waals surface area contributed by atoms with E-state index in [-0.39, 0.29) is 22.6 Å². The van der Waals surface area contributed by atoms with Crippen molar-refractivity contribution in [2.45, 2.75) is 45.1 Å². The largest absolute Gasteiger partial charge is 0.350 e. The smallest absolute Gasteiger partial charge is 0.260 e. The molecule has 1 saturated carbocycles. The van der Waals surface area contributed by atoms with Gasteiger partial charge in [0.15, 0.2) is 0 Å². The first-order valence-electron chi connectivity index (χ1n) is 8.00. The molecule has 0 aliphatic heterocycles. The van der Waals surface area contributed by atoms with Gasteiger partial charge in [0.1, 0.15) is 5.56 Å². The van der Waals surface area contributed by atoms with Crippen LogP contribution in [0.1, 0.15) is 48.7 Å². The summed E-state index contributed by atoms with van der Waals surface area (Å²) in [6.07, 6.45) is 4.58. The molecule has 0 aromatic carbocycles. The zero-order valence-electron chi connectivity index (χ0n) is 14.0. The standard InChI is InChI=1S/C17H27N3O2/c1-12-6-5-9-17(10-12,20(3)4)11-18-15(21)14-8-7-13(2)19-16(14)22/h7-8,12H,5-6,9-11H2,1-4H3,(H,18,21)(H,19,22)/t12-,17-/m0/s1. The molecule has 2 N–H and O–H groups in total. The third-order valence-corrected chi connectivity index (χ3v) is 4.89. The summed E-state index contributed by atoms with van der Waals surface area (Å²) < 4.78 is 0. The average molecular weight is 305 g/mol. The van der Waals surface area contributed by atoms with Gasteiger partial charge in [-0.05, 0) is 51.9 Å². The van der Waals surface area contributed by atoms with Crippen LogP contribution in [0.3, 0.4) is 0 Å². The Morgan fingerprint density at radius 1 is 1.45 bits per heavy atom. The number of pyridine rings is 1. The quantitative estimate of drug-likeness (QED) is 0.893. The van der Waals surface area contributed by atoms with Crippen molar-refractivity contribution in [3.05, 3.63) is 33.7 Å². The summed E-state index contributed by atoms with van der Waals surface area (Å²) in [4.78, 5) is 29.1. The fourth-order valence-corrected chi connectivity index (χ4v) is 3.45. The number of carbonyl (C=O) groups is 1. The molecule has 1 aromatic rings. The molecule has 1 heterocycles. The Morgan fingerprint density at radius 3 is 2.77 bits per heavy atom. The molecule has 0 radical (unpaired) electrons. The molecule has 1 aliphatic carbocycles. The van der Waals surface area contributed by atoms with E-state index in [1.807, 2.05) is 0 Å². The molecule has 0 bridgehead atoms. The molecule has 1 aliphatic rings. The van der Waals surface area contributed by atoms with Crippen LogP contribution in [-0.4, -0.2) is 42.0 Å². The van der Waals surface area contributed by atoms with Crippen molar-refractivity contribution < 1.29 is 4.79 Å². The molecule has 122 valence electrons. The third kappa shape index (κ3) is 3.58. The highest BCUT2D eigenvalue weighted by molar-refractivity contribution is 5.93. The lowest BCUT2D eigenvalue weighted by atomic mass is 9.75. The zero-order valence-corrected chi connectivity index (χ0v) is 14.0. The first-order valence-corrected chi connectivity index (χ1v) is 8.00. The number of likely N-dealkylation sites (N-methyl/N-ethyl adjacent to an activating group) is 1. The number of aromatic amines is 1. The first-order chi connectivity index (χ1) is 10.3. The summed E-state index contributed by atoms with van der Waals surface area (Å²) >= 11 is 0. The number of aromatic nitrogens is 1. The highest BCUT2D eigenvalue weighted by Gasteiger charge is 2.37. The molecule has 1 amide bonds. The van der Waals surface area contributed by atoms with Crippen LogP contribution in [0, 0.1) is 12.8 Å². The Labute approximate surface area is 132 Å². The van der Waals surface area contributed by atoms with Crippen molar-refractivity contribution in [3.63, 3.8) is 0 Å². The number of aryl methyl sites for hydroxylation is 1. The normalized spacial score (nSPS) is 25.2. The highest BCUT2D eigenvalue weighted by Crippen LogP contribution is 2.35. The van der Waals surface area contributed by atoms with Gasteiger partial charge in [0, 0.05) is 17.8 Å². The van der Waals surface area contributed by atoms with E-state index >= 15 is 0 Å². The number of nitrogens with one attached hydrogen (secondary N) is 2. The van der Waals surface area contributed by atoms with Crippen molar-refractivity contribution in [2.75, 3.05) is 20.6 Å². The van der Waals surface area contributed by atoms with Gasteiger partial charge in [-0.3, -0.25) is 9.59 Å². The van der Waals surface area contributed by atoms with E-state index in [4.69, 9.17) is 0 Å². The minimum atomic E-state index is -0.326. The maximum atomic E-state index is 12.3. The van der Waals surface area contributed by atoms with E-state index in [9.17, 15) is 9.59 Å². The monoisotopic (exact) mass is 305 g/mol. The Bertz CT molecular complexity index is 594. The van der Waals surface area contributed by atoms with Gasteiger partial charge in [-0.1, -0.05) is 19.8 Å². The SMILES string of the molecule is Cc1ccc(C(=O)NC[C@]2(N(C)C)CCC[C@H](C)C2)c(=O)[nH]1. The van der Waals surface area contributed by atoms with Gasteiger partial charge < -0.3 is 15.2 Å². The van der Waals surface area contributed by atoms with Gasteiger partial charge >= 0.3 is 0 Å². The lowest BCUT2D eigenvalue weighted by Crippen LogP contribution is -2.55. The van der Waals surface area contributed by atoms with Gasteiger partial charge in [0.25, 0.3) is 11.5 Å². The van der Waals surface area contributed by atoms with Crippen LogP contribution >= 0.6 is 0 Å². The van der Waals surface area contributed by atoms with Crippen molar-refractivity contribution in [1.82, 2.24) is 15.2 Å². The molecule has 0 spiro atoms. The maximum Gasteiger partial charge on any atom is 0.260 e. The van der Waals surface area contributed by atoms with Crippen LogP contribution in [0.25, 0.3) is 0 Å². The van der Waals surface area contributed by atoms with Crippen LogP contribution in [-0.2, 0) is 0 Å². The number of rotatable bonds is 4. The Morgan fingerprint density at radius 2 is 2.18 bits per heavy atom. The van der Waals surface area contributed by atoms with E-state index in [1.54, 1.807) is 19.1 Å². The molecule has 2 rings (SSSR count). The molecule has 1 aromatic heterocycles. The zero-order chi connectivity index (χ0) is 16.3. The first kappa shape index (κ1) is 16.7. The molecule has 5 heteroatoms. The topological polar surface area (TPSA) is 65.2 Å². The van der Waals surface area contributed by atoms with E-state index in [0.29, 0.717) is 12.5 Å². The summed E-state index contributed by atoms with van der Waals surface area (Å²) in [6, 6.07) is 3.34. The van der Waals surface area contributed by atoms with Crippen molar-refractivity contribution >= 4 is 5.91 Å². The average Bonchev–Trinajstić information content (AvgIpc) is 2.44. The minimum Gasteiger partial charge on any atom is -0.350 e. The summed E-state index contributed by atoms with van der Waals surface area (Å²) in [5, 5.41) is 2.97. The summed E-state index contributed by atoms with van der Waals surface area (Å²) in [5.41, 5.74) is 0.606. The predicted octanol–water partition coefficient (Wildman–Crippen LogP) is 1.92. The van der Waals surface area contributed by atoms with E-state index < -0.39 is 0 Å². The van der Waals surface area contributed by atoms with E-state index in [0.717, 1.165) is 18.5 Å². The van der Waals surface area contributed by atoms with Crippen LogP contribution < -0.4 is 10.9 Å². The van der Waals surface area contributed by atoms with Gasteiger partial charge in [-0.2, -0.15) is 0 Å². The Hall–Kier alpha value is -1.62. The minimum absolute atomic E-state index is 0.00914. The van der Waals surface area contributed by atoms with Crippen molar-refractivity contribution in [1.29, 1.82) is 0 Å². The molecule has 0 unspecified atom stereocenters. The van der Waals surface area contributed by atoms with Gasteiger partial charge in [0.05, 0.1) is 0 Å². The fraction of sp³-hybridized carbons (Fsp3) is 0.647. The van der Waals surface area contributed by atoms with Crippen molar-refractivity contribution in [3.8, 4) is 0 Å². The van der Waals surface area contributed by atoms with Crippen LogP contribution in [0.4, 0.5) is 0 Å². The second-order valence-electron chi connectivity index (χ2n) is 6.89. The number of hydrogen-bond acceptors (Lipinski definition) is 3. The number of amides is 1. The molecular weight excluding hydrogens is 278 g/mol. The number of H-pyrrole nitrogens is 1. The van der Waals surface area contributed by atoms with Crippen LogP contribution in [0.15, 0.2) is 16.9 Å². The molecule has 5 nitrogen and oxygen atoms in total. The maximum absolute atomic E-state index is 12.3. The third-order valence-electron chi connectivity index (χ3n) is 4.89. The lowest BCUT2D eigenvalue weighted by Gasteiger charge is -2.45. The summed E-state index contributed by atoms with van der Waals surface area (Å²) in [5.74, 6) is 0.372. The number of hydrogen-bond donors (Lipinski definition) is 2. The Balaban J connectivity index is 2.09. The lowest BCUT2D eigenvalue weighted by molar-refractivity contribution is 0.0674. The molecule has 2 atom stereocenters. The molecule has 22 heavy (non-hydrogen) atoms. The summed E-state index contributed by atoms with van der Waals surface area (Å²) in [7, 11) is 4.14. The van der Waals surface area contributed by atoms with E-state index in [1.165, 1.54) is 12.8 Å². The Kier molecular flexibility index (Phi) is 5.06. The van der Waals surface area contributed by atoms with E-state index in [2.05, 4.69) is 36.2 Å². The van der Waals surface area contributed by atoms with Gasteiger partial charge in [0.2, 0.25) is 0 Å². The summed E-state index contributed by atoms with van der Waals surface area (Å²) in [6.45, 7) is 4.65. The second-order valence-corrected chi connectivity index (χ2v) is 6.89. The molecule has 0 saturated heterocycles. The molecular formula is C17H27N3O2. The van der Waals surface area contributed by atoms with Gasteiger partial charge in [-0.15, -0.1) is 0 Å². The van der Waals surface area contributed by atoms with Gasteiger partial charge in [-0.25, -0.2) is 0 Å². The van der Waals surface area contributed by atoms with Crippen molar-refractivity contribution in [2.24, 2.45) is 5.92 Å². The highest BCUT2D eigenvalue weighted by atomic mass is 16.2. The fourth-order valence-electron chi connectivity index (χ4n) is 3.45. The number of carbonyl (C=O) groups excluding carboxylic acids is 1. The molecule has 1 fully saturated rings. The van der Waals surface area contributed by atoms with Crippen LogP contribution in [0.5, 0.6) is 0 Å².